The number of aliphatic hydroxyl groups is 1. The minimum Gasteiger partial charge on any atom is -0.356 e. The molecule has 1 aromatic rings. The van der Waals surface area contributed by atoms with Gasteiger partial charge in [-0.25, -0.2) is 0 Å². The molecule has 1 aliphatic heterocycles. The van der Waals surface area contributed by atoms with Crippen molar-refractivity contribution in [1.82, 2.24) is 5.32 Å². The summed E-state index contributed by atoms with van der Waals surface area (Å²) < 4.78 is 0.988. The van der Waals surface area contributed by atoms with E-state index in [2.05, 4.69) is 21.2 Å². The fourth-order valence-electron chi connectivity index (χ4n) is 1.54. The molecule has 1 aliphatic rings. The van der Waals surface area contributed by atoms with Crippen LogP contribution in [0.15, 0.2) is 28.7 Å². The molecule has 2 rings (SSSR count). The number of nitrogens with zero attached hydrogens (tertiary/aromatic N) is 1. The predicted octanol–water partition coefficient (Wildman–Crippen LogP) is 1.05. The second kappa shape index (κ2) is 4.20. The Hall–Kier alpha value is -1.07. The van der Waals surface area contributed by atoms with Crippen LogP contribution in [-0.4, -0.2) is 23.9 Å². The lowest BCUT2D eigenvalue weighted by Gasteiger charge is -2.34. The Morgan fingerprint density at radius 3 is 2.67 bits per heavy atom. The maximum Gasteiger partial charge on any atom is 0.225 e. The third kappa shape index (κ3) is 2.30. The summed E-state index contributed by atoms with van der Waals surface area (Å²) in [5.74, 6) is -0.115. The van der Waals surface area contributed by atoms with Gasteiger partial charge in [0.1, 0.15) is 0 Å². The molecule has 1 unspecified atom stereocenters. The zero-order chi connectivity index (χ0) is 10.8. The minimum absolute atomic E-state index is 0.115. The highest BCUT2D eigenvalue weighted by Crippen LogP contribution is 2.20. The van der Waals surface area contributed by atoms with Crippen molar-refractivity contribution in [2.75, 3.05) is 11.4 Å². The molecular weight excluding hydrogens is 260 g/mol. The second-order valence-electron chi connectivity index (χ2n) is 3.36. The average Bonchev–Trinajstić information content (AvgIpc) is 2.20. The van der Waals surface area contributed by atoms with Crippen LogP contribution >= 0.6 is 15.9 Å². The number of rotatable bonds is 1. The fourth-order valence-corrected chi connectivity index (χ4v) is 1.81. The average molecular weight is 271 g/mol. The third-order valence-electron chi connectivity index (χ3n) is 2.32. The maximum atomic E-state index is 11.0. The molecule has 1 heterocycles. The van der Waals surface area contributed by atoms with E-state index in [1.807, 2.05) is 24.3 Å². The summed E-state index contributed by atoms with van der Waals surface area (Å²) in [5.41, 5.74) is 0.894. The number of hydrogen-bond acceptors (Lipinski definition) is 3. The van der Waals surface area contributed by atoms with E-state index in [9.17, 15) is 9.90 Å². The predicted molar refractivity (Wildman–Crippen MR) is 60.3 cm³/mol. The second-order valence-corrected chi connectivity index (χ2v) is 4.28. The molecule has 1 aromatic carbocycles. The number of carbonyl (C=O) groups is 1. The molecule has 0 radical (unpaired) electrons. The van der Waals surface area contributed by atoms with E-state index < -0.39 is 6.35 Å². The van der Waals surface area contributed by atoms with Crippen molar-refractivity contribution >= 4 is 27.5 Å². The normalized spacial score (nSPS) is 21.3. The van der Waals surface area contributed by atoms with Crippen molar-refractivity contribution in [2.24, 2.45) is 0 Å². The van der Waals surface area contributed by atoms with Crippen molar-refractivity contribution in [3.63, 3.8) is 0 Å². The number of halogens is 1. The first-order valence-corrected chi connectivity index (χ1v) is 5.46. The van der Waals surface area contributed by atoms with Gasteiger partial charge in [-0.15, -0.1) is 0 Å². The standard InChI is InChI=1S/C10H11BrN2O2/c11-7-1-3-8(4-2-7)13-6-5-9(14)12-10(13)15/h1-4,10,15H,5-6H2,(H,12,14). The summed E-state index contributed by atoms with van der Waals surface area (Å²) >= 11 is 3.34. The number of carbonyl (C=O) groups excluding carboxylic acids is 1. The molecule has 0 spiro atoms. The number of anilines is 1. The molecule has 0 aromatic heterocycles. The van der Waals surface area contributed by atoms with Gasteiger partial charge in [-0.2, -0.15) is 0 Å². The molecule has 15 heavy (non-hydrogen) atoms. The highest BCUT2D eigenvalue weighted by molar-refractivity contribution is 9.10. The van der Waals surface area contributed by atoms with Crippen LogP contribution in [0, 0.1) is 0 Å². The lowest BCUT2D eigenvalue weighted by Crippen LogP contribution is -2.54. The third-order valence-corrected chi connectivity index (χ3v) is 2.85. The maximum absolute atomic E-state index is 11.0. The molecule has 0 bridgehead atoms. The molecule has 80 valence electrons. The summed E-state index contributed by atoms with van der Waals surface area (Å²) in [7, 11) is 0. The number of nitrogens with one attached hydrogen (secondary N) is 1. The number of aliphatic hydroxyl groups excluding tert-OH is 1. The first kappa shape index (κ1) is 10.4. The number of benzene rings is 1. The summed E-state index contributed by atoms with van der Waals surface area (Å²) in [4.78, 5) is 12.7. The van der Waals surface area contributed by atoms with Crippen LogP contribution in [-0.2, 0) is 4.79 Å². The van der Waals surface area contributed by atoms with Crippen molar-refractivity contribution in [3.05, 3.63) is 28.7 Å². The van der Waals surface area contributed by atoms with E-state index in [0.29, 0.717) is 13.0 Å². The minimum atomic E-state index is -0.924. The Labute approximate surface area is 96.0 Å². The van der Waals surface area contributed by atoms with E-state index in [0.717, 1.165) is 10.2 Å². The molecular formula is C10H11BrN2O2. The Kier molecular flexibility index (Phi) is 2.93. The Morgan fingerprint density at radius 2 is 2.07 bits per heavy atom. The zero-order valence-electron chi connectivity index (χ0n) is 7.98. The quantitative estimate of drug-likeness (QED) is 0.802. The summed E-state index contributed by atoms with van der Waals surface area (Å²) in [6, 6.07) is 7.59. The SMILES string of the molecule is O=C1CCN(c2ccc(Br)cc2)C(O)N1. The van der Waals surface area contributed by atoms with E-state index in [4.69, 9.17) is 0 Å². The smallest absolute Gasteiger partial charge is 0.225 e. The van der Waals surface area contributed by atoms with Gasteiger partial charge in [-0.05, 0) is 24.3 Å². The molecule has 1 atom stereocenters. The Balaban J connectivity index is 2.16. The van der Waals surface area contributed by atoms with Crippen LogP contribution < -0.4 is 10.2 Å². The summed E-state index contributed by atoms with van der Waals surface area (Å²) in [5, 5.41) is 12.1. The molecule has 1 saturated heterocycles. The number of hydrogen-bond donors (Lipinski definition) is 2. The molecule has 1 fully saturated rings. The van der Waals surface area contributed by atoms with Gasteiger partial charge in [-0.1, -0.05) is 15.9 Å². The van der Waals surface area contributed by atoms with Gasteiger partial charge in [0.25, 0.3) is 0 Å². The highest BCUT2D eigenvalue weighted by atomic mass is 79.9. The molecule has 1 amide bonds. The van der Waals surface area contributed by atoms with Gasteiger partial charge in [-0.3, -0.25) is 4.79 Å². The summed E-state index contributed by atoms with van der Waals surface area (Å²) in [6.45, 7) is 0.536. The fraction of sp³-hybridized carbons (Fsp3) is 0.300. The monoisotopic (exact) mass is 270 g/mol. The first-order valence-electron chi connectivity index (χ1n) is 4.66. The lowest BCUT2D eigenvalue weighted by atomic mass is 10.2. The Bertz CT molecular complexity index is 366. The molecule has 0 aliphatic carbocycles. The van der Waals surface area contributed by atoms with Crippen molar-refractivity contribution in [3.8, 4) is 0 Å². The van der Waals surface area contributed by atoms with Crippen LogP contribution in [0.5, 0.6) is 0 Å². The van der Waals surface area contributed by atoms with Crippen LogP contribution in [0.3, 0.4) is 0 Å². The van der Waals surface area contributed by atoms with Crippen molar-refractivity contribution in [1.29, 1.82) is 0 Å². The van der Waals surface area contributed by atoms with E-state index in [1.54, 1.807) is 4.90 Å². The largest absolute Gasteiger partial charge is 0.356 e. The molecule has 5 heteroatoms. The Morgan fingerprint density at radius 1 is 1.40 bits per heavy atom. The van der Waals surface area contributed by atoms with Gasteiger partial charge in [0.15, 0.2) is 0 Å². The molecule has 0 saturated carbocycles. The first-order chi connectivity index (χ1) is 7.16. The van der Waals surface area contributed by atoms with E-state index in [1.165, 1.54) is 0 Å². The lowest BCUT2D eigenvalue weighted by molar-refractivity contribution is -0.125. The van der Waals surface area contributed by atoms with Gasteiger partial charge in [0.2, 0.25) is 12.3 Å². The highest BCUT2D eigenvalue weighted by Gasteiger charge is 2.23. The van der Waals surface area contributed by atoms with Gasteiger partial charge in [0, 0.05) is 23.1 Å². The van der Waals surface area contributed by atoms with Crippen molar-refractivity contribution < 1.29 is 9.90 Å². The molecule has 2 N–H and O–H groups in total. The van der Waals surface area contributed by atoms with Gasteiger partial charge < -0.3 is 15.3 Å². The van der Waals surface area contributed by atoms with E-state index >= 15 is 0 Å². The zero-order valence-corrected chi connectivity index (χ0v) is 9.57. The topological polar surface area (TPSA) is 52.6 Å². The summed E-state index contributed by atoms with van der Waals surface area (Å²) in [6.07, 6.45) is -0.514. The van der Waals surface area contributed by atoms with Crippen LogP contribution in [0.2, 0.25) is 0 Å². The van der Waals surface area contributed by atoms with Crippen LogP contribution in [0.1, 0.15) is 6.42 Å². The molecule has 4 nitrogen and oxygen atoms in total. The van der Waals surface area contributed by atoms with Crippen molar-refractivity contribution in [2.45, 2.75) is 12.8 Å². The van der Waals surface area contributed by atoms with Gasteiger partial charge in [0.05, 0.1) is 0 Å². The van der Waals surface area contributed by atoms with E-state index in [-0.39, 0.29) is 5.91 Å². The van der Waals surface area contributed by atoms with Gasteiger partial charge >= 0.3 is 0 Å². The van der Waals surface area contributed by atoms with Crippen LogP contribution in [0.4, 0.5) is 5.69 Å². The van der Waals surface area contributed by atoms with Crippen LogP contribution in [0.25, 0.3) is 0 Å². The number of amides is 1.